The van der Waals surface area contributed by atoms with E-state index in [0.717, 1.165) is 12.5 Å². The van der Waals surface area contributed by atoms with E-state index in [1.54, 1.807) is 0 Å². The van der Waals surface area contributed by atoms with Crippen molar-refractivity contribution in [3.8, 4) is 0 Å². The zero-order valence-electron chi connectivity index (χ0n) is 9.00. The van der Waals surface area contributed by atoms with Gasteiger partial charge in [-0.25, -0.2) is 0 Å². The molecule has 1 N–H and O–H groups in total. The summed E-state index contributed by atoms with van der Waals surface area (Å²) in [6, 6.07) is 4.34. The van der Waals surface area contributed by atoms with Crippen LogP contribution in [-0.2, 0) is 6.54 Å². The maximum Gasteiger partial charge on any atom is 0.0701 e. The van der Waals surface area contributed by atoms with Crippen LogP contribution in [0.2, 0.25) is 0 Å². The molecule has 2 nitrogen and oxygen atoms in total. The summed E-state index contributed by atoms with van der Waals surface area (Å²) in [6.07, 6.45) is 1.33. The molecule has 0 aromatic carbocycles. The van der Waals surface area contributed by atoms with Crippen molar-refractivity contribution in [2.24, 2.45) is 5.92 Å². The Labute approximate surface area is 104 Å². The third-order valence-electron chi connectivity index (χ3n) is 2.79. The zero-order valence-corrected chi connectivity index (χ0v) is 11.4. The van der Waals surface area contributed by atoms with Crippen molar-refractivity contribution in [3.63, 3.8) is 0 Å². The average Bonchev–Trinajstić information content (AvgIpc) is 2.77. The van der Waals surface area contributed by atoms with Gasteiger partial charge in [-0.15, -0.1) is 11.3 Å². The minimum Gasteiger partial charge on any atom is -0.316 e. The molecule has 4 heteroatoms. The first-order valence-electron chi connectivity index (χ1n) is 5.37. The van der Waals surface area contributed by atoms with E-state index >= 15 is 0 Å². The van der Waals surface area contributed by atoms with Gasteiger partial charge in [-0.3, -0.25) is 0 Å². The van der Waals surface area contributed by atoms with E-state index < -0.39 is 0 Å². The number of halogens is 1. The molecule has 1 aromatic heterocycles. The van der Waals surface area contributed by atoms with Crippen LogP contribution in [0.3, 0.4) is 0 Å². The molecule has 1 atom stereocenters. The SMILES string of the molecule is CN(Cc1ccc(Br)s1)CC1CCNC1. The molecule has 84 valence electrons. The van der Waals surface area contributed by atoms with Crippen LogP contribution < -0.4 is 5.32 Å². The fraction of sp³-hybridized carbons (Fsp3) is 0.636. The summed E-state index contributed by atoms with van der Waals surface area (Å²) in [4.78, 5) is 3.87. The standard InChI is InChI=1S/C11H17BrN2S/c1-14(7-9-4-5-13-6-9)8-10-2-3-11(12)15-10/h2-3,9,13H,4-8H2,1H3. The molecule has 1 saturated heterocycles. The second kappa shape index (κ2) is 5.43. The zero-order chi connectivity index (χ0) is 10.7. The Bertz CT molecular complexity index is 307. The number of thiophene rings is 1. The van der Waals surface area contributed by atoms with Crippen LogP contribution in [0.1, 0.15) is 11.3 Å². The largest absolute Gasteiger partial charge is 0.316 e. The van der Waals surface area contributed by atoms with Gasteiger partial charge in [0.15, 0.2) is 0 Å². The molecule has 1 aliphatic rings. The normalized spacial score (nSPS) is 21.4. The molecule has 0 amide bonds. The smallest absolute Gasteiger partial charge is 0.0701 e. The van der Waals surface area contributed by atoms with Gasteiger partial charge < -0.3 is 10.2 Å². The molecule has 2 heterocycles. The summed E-state index contributed by atoms with van der Waals surface area (Å²) in [6.45, 7) is 4.68. The Hall–Kier alpha value is 0.1000. The van der Waals surface area contributed by atoms with E-state index in [2.05, 4.69) is 45.3 Å². The highest BCUT2D eigenvalue weighted by Gasteiger charge is 2.16. The molecule has 0 radical (unpaired) electrons. The van der Waals surface area contributed by atoms with Crippen molar-refractivity contribution in [2.45, 2.75) is 13.0 Å². The lowest BCUT2D eigenvalue weighted by Gasteiger charge is -2.19. The third-order valence-corrected chi connectivity index (χ3v) is 4.40. The van der Waals surface area contributed by atoms with E-state index in [-0.39, 0.29) is 0 Å². The van der Waals surface area contributed by atoms with Crippen LogP contribution in [-0.4, -0.2) is 31.6 Å². The van der Waals surface area contributed by atoms with Gasteiger partial charge in [0, 0.05) is 18.0 Å². The van der Waals surface area contributed by atoms with Crippen LogP contribution in [0, 0.1) is 5.92 Å². The fourth-order valence-corrected chi connectivity index (χ4v) is 3.64. The number of hydrogen-bond acceptors (Lipinski definition) is 3. The monoisotopic (exact) mass is 288 g/mol. The molecule has 0 spiro atoms. The topological polar surface area (TPSA) is 15.3 Å². The average molecular weight is 289 g/mol. The maximum atomic E-state index is 3.50. The van der Waals surface area contributed by atoms with Gasteiger partial charge in [-0.2, -0.15) is 0 Å². The first-order valence-corrected chi connectivity index (χ1v) is 6.98. The van der Waals surface area contributed by atoms with Gasteiger partial charge in [0.2, 0.25) is 0 Å². The second-order valence-corrected chi connectivity index (χ2v) is 6.81. The maximum absolute atomic E-state index is 3.50. The molecule has 1 unspecified atom stereocenters. The van der Waals surface area contributed by atoms with Crippen molar-refractivity contribution in [2.75, 3.05) is 26.7 Å². The van der Waals surface area contributed by atoms with Crippen LogP contribution in [0.15, 0.2) is 15.9 Å². The van der Waals surface area contributed by atoms with Crippen molar-refractivity contribution < 1.29 is 0 Å². The summed E-state index contributed by atoms with van der Waals surface area (Å²) in [5.74, 6) is 0.846. The van der Waals surface area contributed by atoms with Gasteiger partial charge >= 0.3 is 0 Å². The summed E-state index contributed by atoms with van der Waals surface area (Å²) < 4.78 is 1.23. The van der Waals surface area contributed by atoms with Crippen molar-refractivity contribution in [1.82, 2.24) is 10.2 Å². The lowest BCUT2D eigenvalue weighted by atomic mass is 10.1. The molecule has 1 aliphatic heterocycles. The fourth-order valence-electron chi connectivity index (χ4n) is 2.08. The van der Waals surface area contributed by atoms with Gasteiger partial charge in [0.05, 0.1) is 3.79 Å². The highest BCUT2D eigenvalue weighted by atomic mass is 79.9. The summed E-state index contributed by atoms with van der Waals surface area (Å²) in [7, 11) is 2.21. The van der Waals surface area contributed by atoms with Crippen molar-refractivity contribution >= 4 is 27.3 Å². The molecule has 0 aliphatic carbocycles. The molecule has 0 saturated carbocycles. The molecular formula is C11H17BrN2S. The van der Waals surface area contributed by atoms with Crippen molar-refractivity contribution in [1.29, 1.82) is 0 Å². The van der Waals surface area contributed by atoms with Crippen molar-refractivity contribution in [3.05, 3.63) is 20.8 Å². The molecule has 1 aromatic rings. The Morgan fingerprint density at radius 3 is 3.07 bits per heavy atom. The minimum absolute atomic E-state index is 0.846. The molecule has 0 bridgehead atoms. The molecule has 1 fully saturated rings. The Morgan fingerprint density at radius 1 is 1.60 bits per heavy atom. The lowest BCUT2D eigenvalue weighted by molar-refractivity contribution is 0.280. The predicted octanol–water partition coefficient (Wildman–Crippen LogP) is 2.55. The van der Waals surface area contributed by atoms with E-state index in [9.17, 15) is 0 Å². The third kappa shape index (κ3) is 3.55. The first-order chi connectivity index (χ1) is 7.24. The lowest BCUT2D eigenvalue weighted by Crippen LogP contribution is -2.26. The van der Waals surface area contributed by atoms with Crippen LogP contribution >= 0.6 is 27.3 Å². The Kier molecular flexibility index (Phi) is 4.20. The quantitative estimate of drug-likeness (QED) is 0.916. The van der Waals surface area contributed by atoms with Crippen LogP contribution in [0.4, 0.5) is 0 Å². The summed E-state index contributed by atoms with van der Waals surface area (Å²) in [5.41, 5.74) is 0. The molecular weight excluding hydrogens is 272 g/mol. The van der Waals surface area contributed by atoms with Crippen LogP contribution in [0.25, 0.3) is 0 Å². The van der Waals surface area contributed by atoms with E-state index in [4.69, 9.17) is 0 Å². The molecule has 15 heavy (non-hydrogen) atoms. The number of nitrogens with zero attached hydrogens (tertiary/aromatic N) is 1. The van der Waals surface area contributed by atoms with E-state index in [1.807, 2.05) is 11.3 Å². The molecule has 2 rings (SSSR count). The Balaban J connectivity index is 1.78. The van der Waals surface area contributed by atoms with Gasteiger partial charge in [0.25, 0.3) is 0 Å². The first kappa shape index (κ1) is 11.6. The van der Waals surface area contributed by atoms with Gasteiger partial charge in [0.1, 0.15) is 0 Å². The number of nitrogens with one attached hydrogen (secondary N) is 1. The van der Waals surface area contributed by atoms with E-state index in [1.165, 1.54) is 34.7 Å². The summed E-state index contributed by atoms with van der Waals surface area (Å²) >= 11 is 5.33. The summed E-state index contributed by atoms with van der Waals surface area (Å²) in [5, 5.41) is 3.41. The minimum atomic E-state index is 0.846. The highest BCUT2D eigenvalue weighted by Crippen LogP contribution is 2.23. The Morgan fingerprint density at radius 2 is 2.47 bits per heavy atom. The second-order valence-electron chi connectivity index (χ2n) is 4.26. The van der Waals surface area contributed by atoms with E-state index in [0.29, 0.717) is 0 Å². The number of rotatable bonds is 4. The van der Waals surface area contributed by atoms with Gasteiger partial charge in [-0.1, -0.05) is 0 Å². The number of hydrogen-bond donors (Lipinski definition) is 1. The van der Waals surface area contributed by atoms with Gasteiger partial charge in [-0.05, 0) is 60.5 Å². The van der Waals surface area contributed by atoms with Crippen LogP contribution in [0.5, 0.6) is 0 Å². The predicted molar refractivity (Wildman–Crippen MR) is 69.3 cm³/mol. The highest BCUT2D eigenvalue weighted by molar-refractivity contribution is 9.11.